The highest BCUT2D eigenvalue weighted by atomic mass is 16.6. The van der Waals surface area contributed by atoms with Gasteiger partial charge in [-0.25, -0.2) is 0 Å². The molecule has 0 aromatic carbocycles. The van der Waals surface area contributed by atoms with Gasteiger partial charge < -0.3 is 14.2 Å². The minimum atomic E-state index is -0.755. The summed E-state index contributed by atoms with van der Waals surface area (Å²) in [7, 11) is 0. The summed E-state index contributed by atoms with van der Waals surface area (Å²) in [4.78, 5) is 37.4. The molecule has 296 valence electrons. The fourth-order valence-corrected chi connectivity index (χ4v) is 6.50. The minimum absolute atomic E-state index is 0.0645. The van der Waals surface area contributed by atoms with Crippen LogP contribution in [-0.4, -0.2) is 37.2 Å². The Bertz CT molecular complexity index is 738. The van der Waals surface area contributed by atoms with Crippen molar-refractivity contribution >= 4 is 17.9 Å². The largest absolute Gasteiger partial charge is 0.462 e. The molecule has 0 N–H and O–H groups in total. The van der Waals surface area contributed by atoms with Gasteiger partial charge in [-0.15, -0.1) is 0 Å². The van der Waals surface area contributed by atoms with Gasteiger partial charge in [-0.2, -0.15) is 0 Å². The molecular formula is C44H84O6. The van der Waals surface area contributed by atoms with Gasteiger partial charge in [0.2, 0.25) is 0 Å². The molecule has 0 saturated carbocycles. The van der Waals surface area contributed by atoms with Crippen molar-refractivity contribution in [3.05, 3.63) is 0 Å². The van der Waals surface area contributed by atoms with E-state index in [0.29, 0.717) is 19.3 Å². The van der Waals surface area contributed by atoms with E-state index >= 15 is 0 Å². The number of unbranched alkanes of at least 4 members (excludes halogenated alkanes) is 29. The van der Waals surface area contributed by atoms with Crippen molar-refractivity contribution in [2.45, 2.75) is 252 Å². The predicted octanol–water partition coefficient (Wildman–Crippen LogP) is 13.7. The van der Waals surface area contributed by atoms with Crippen LogP contribution in [0.5, 0.6) is 0 Å². The second-order valence-electron chi connectivity index (χ2n) is 15.0. The maximum Gasteiger partial charge on any atom is 0.306 e. The highest BCUT2D eigenvalue weighted by molar-refractivity contribution is 5.71. The Labute approximate surface area is 310 Å². The molecule has 0 aromatic heterocycles. The standard InChI is InChI=1S/C44H84O6/c1-4-7-10-13-15-17-19-20-21-22-23-25-27-29-32-34-37-43(46)49-40-41(50-44(47)38-35-30-12-9-6-3)39-48-42(45)36-33-31-28-26-24-18-16-14-11-8-5-2/h41H,4-40H2,1-3H3/t41-/m1/s1. The van der Waals surface area contributed by atoms with Gasteiger partial charge in [0.05, 0.1) is 0 Å². The molecule has 0 saturated heterocycles. The second kappa shape index (κ2) is 40.2. The van der Waals surface area contributed by atoms with Crippen molar-refractivity contribution in [2.75, 3.05) is 13.2 Å². The summed E-state index contributed by atoms with van der Waals surface area (Å²) in [5.41, 5.74) is 0. The molecule has 0 aliphatic heterocycles. The van der Waals surface area contributed by atoms with Gasteiger partial charge in [-0.05, 0) is 19.3 Å². The number of hydrogen-bond acceptors (Lipinski definition) is 6. The first-order valence-corrected chi connectivity index (χ1v) is 22.0. The summed E-state index contributed by atoms with van der Waals surface area (Å²) in [6.07, 6.45) is 39.7. The first-order valence-electron chi connectivity index (χ1n) is 22.0. The molecule has 0 rings (SSSR count). The smallest absolute Gasteiger partial charge is 0.306 e. The fourth-order valence-electron chi connectivity index (χ4n) is 6.50. The molecule has 1 atom stereocenters. The van der Waals surface area contributed by atoms with E-state index in [2.05, 4.69) is 20.8 Å². The summed E-state index contributed by atoms with van der Waals surface area (Å²) in [6.45, 7) is 6.56. The Morgan fingerprint density at radius 3 is 0.800 bits per heavy atom. The van der Waals surface area contributed by atoms with Crippen molar-refractivity contribution in [3.8, 4) is 0 Å². The van der Waals surface area contributed by atoms with Gasteiger partial charge in [0.15, 0.2) is 6.10 Å². The number of ether oxygens (including phenoxy) is 3. The van der Waals surface area contributed by atoms with Crippen LogP contribution in [0.3, 0.4) is 0 Å². The van der Waals surface area contributed by atoms with Gasteiger partial charge >= 0.3 is 17.9 Å². The van der Waals surface area contributed by atoms with Crippen molar-refractivity contribution in [1.29, 1.82) is 0 Å². The van der Waals surface area contributed by atoms with Gasteiger partial charge in [0.25, 0.3) is 0 Å². The molecule has 0 aliphatic rings. The zero-order valence-electron chi connectivity index (χ0n) is 33.7. The third-order valence-corrected chi connectivity index (χ3v) is 9.86. The molecule has 0 radical (unpaired) electrons. The van der Waals surface area contributed by atoms with E-state index in [1.165, 1.54) is 141 Å². The second-order valence-corrected chi connectivity index (χ2v) is 15.0. The topological polar surface area (TPSA) is 78.9 Å². The minimum Gasteiger partial charge on any atom is -0.462 e. The molecule has 0 aromatic rings. The number of carbonyl (C=O) groups excluding carboxylic acids is 3. The van der Waals surface area contributed by atoms with Crippen LogP contribution in [0, 0.1) is 0 Å². The fraction of sp³-hybridized carbons (Fsp3) is 0.932. The highest BCUT2D eigenvalue weighted by Crippen LogP contribution is 2.15. The Balaban J connectivity index is 4.12. The van der Waals surface area contributed by atoms with Gasteiger partial charge in [0, 0.05) is 19.3 Å². The van der Waals surface area contributed by atoms with Crippen LogP contribution >= 0.6 is 0 Å². The molecule has 0 heterocycles. The van der Waals surface area contributed by atoms with Crippen LogP contribution in [0.2, 0.25) is 0 Å². The average molecular weight is 709 g/mol. The van der Waals surface area contributed by atoms with Crippen LogP contribution in [0.15, 0.2) is 0 Å². The van der Waals surface area contributed by atoms with E-state index in [0.717, 1.165) is 64.2 Å². The van der Waals surface area contributed by atoms with Crippen LogP contribution in [0.4, 0.5) is 0 Å². The van der Waals surface area contributed by atoms with Crippen LogP contribution < -0.4 is 0 Å². The first kappa shape index (κ1) is 48.4. The summed E-state index contributed by atoms with van der Waals surface area (Å²) < 4.78 is 16.6. The lowest BCUT2D eigenvalue weighted by atomic mass is 10.0. The molecular weight excluding hydrogens is 624 g/mol. The maximum absolute atomic E-state index is 12.5. The van der Waals surface area contributed by atoms with E-state index < -0.39 is 6.10 Å². The highest BCUT2D eigenvalue weighted by Gasteiger charge is 2.19. The zero-order valence-corrected chi connectivity index (χ0v) is 33.7. The van der Waals surface area contributed by atoms with Gasteiger partial charge in [0.1, 0.15) is 13.2 Å². The summed E-state index contributed by atoms with van der Waals surface area (Å²) >= 11 is 0. The Morgan fingerprint density at radius 1 is 0.320 bits per heavy atom. The SMILES string of the molecule is CCCCCCCCCCCCCCCCCCC(=O)OC[C@@H](COC(=O)CCCCCCCCCCCCC)OC(=O)CCCCCCC. The molecule has 0 spiro atoms. The van der Waals surface area contributed by atoms with Crippen molar-refractivity contribution in [2.24, 2.45) is 0 Å². The molecule has 0 fully saturated rings. The first-order chi connectivity index (χ1) is 24.5. The Morgan fingerprint density at radius 2 is 0.540 bits per heavy atom. The molecule has 6 nitrogen and oxygen atoms in total. The molecule has 6 heteroatoms. The third-order valence-electron chi connectivity index (χ3n) is 9.86. The lowest BCUT2D eigenvalue weighted by Gasteiger charge is -2.18. The van der Waals surface area contributed by atoms with Crippen LogP contribution in [0.1, 0.15) is 245 Å². The monoisotopic (exact) mass is 709 g/mol. The van der Waals surface area contributed by atoms with Crippen molar-refractivity contribution in [3.63, 3.8) is 0 Å². The number of rotatable bonds is 40. The average Bonchev–Trinajstić information content (AvgIpc) is 3.11. The molecule has 0 aliphatic carbocycles. The molecule has 0 amide bonds. The number of hydrogen-bond donors (Lipinski definition) is 0. The Hall–Kier alpha value is -1.59. The van der Waals surface area contributed by atoms with Crippen molar-refractivity contribution in [1.82, 2.24) is 0 Å². The van der Waals surface area contributed by atoms with Gasteiger partial charge in [-0.3, -0.25) is 14.4 Å². The number of esters is 3. The van der Waals surface area contributed by atoms with E-state index in [1.807, 2.05) is 0 Å². The molecule has 50 heavy (non-hydrogen) atoms. The number of carbonyl (C=O) groups is 3. The summed E-state index contributed by atoms with van der Waals surface area (Å²) in [5.74, 6) is -0.869. The van der Waals surface area contributed by atoms with E-state index in [4.69, 9.17) is 14.2 Å². The van der Waals surface area contributed by atoms with Gasteiger partial charge in [-0.1, -0.05) is 207 Å². The van der Waals surface area contributed by atoms with E-state index in [1.54, 1.807) is 0 Å². The lowest BCUT2D eigenvalue weighted by Crippen LogP contribution is -2.30. The van der Waals surface area contributed by atoms with Crippen LogP contribution in [-0.2, 0) is 28.6 Å². The van der Waals surface area contributed by atoms with Crippen molar-refractivity contribution < 1.29 is 28.6 Å². The van der Waals surface area contributed by atoms with Crippen LogP contribution in [0.25, 0.3) is 0 Å². The summed E-state index contributed by atoms with van der Waals surface area (Å²) in [6, 6.07) is 0. The molecule has 0 bridgehead atoms. The zero-order chi connectivity index (χ0) is 36.6. The van der Waals surface area contributed by atoms with E-state index in [9.17, 15) is 14.4 Å². The quantitative estimate of drug-likeness (QED) is 0.0358. The molecule has 0 unspecified atom stereocenters. The summed E-state index contributed by atoms with van der Waals surface area (Å²) in [5, 5.41) is 0. The lowest BCUT2D eigenvalue weighted by molar-refractivity contribution is -0.167. The third kappa shape index (κ3) is 37.7. The maximum atomic E-state index is 12.5. The van der Waals surface area contributed by atoms with E-state index in [-0.39, 0.29) is 31.1 Å². The Kier molecular flexibility index (Phi) is 38.9. The predicted molar refractivity (Wildman–Crippen MR) is 210 cm³/mol. The normalized spacial score (nSPS) is 11.8.